The van der Waals surface area contributed by atoms with Gasteiger partial charge in [-0.3, -0.25) is 4.79 Å². The normalized spacial score (nSPS) is 24.2. The Kier molecular flexibility index (Phi) is 4.54. The molecule has 0 aromatic carbocycles. The zero-order valence-electron chi connectivity index (χ0n) is 11.0. The average molecular weight is 286 g/mol. The molecular weight excluding hydrogens is 264 g/mol. The van der Waals surface area contributed by atoms with Crippen LogP contribution in [0.2, 0.25) is 0 Å². The molecule has 1 aliphatic carbocycles. The first kappa shape index (κ1) is 14.1. The predicted molar refractivity (Wildman–Crippen MR) is 80.8 cm³/mol. The minimum absolute atomic E-state index is 0.0816. The number of thiocarbonyl (C=S) groups is 1. The van der Waals surface area contributed by atoms with E-state index in [0.29, 0.717) is 10.9 Å². The molecule has 0 aromatic heterocycles. The summed E-state index contributed by atoms with van der Waals surface area (Å²) < 4.78 is -0.0816. The Morgan fingerprint density at radius 3 is 2.33 bits per heavy atom. The second kappa shape index (κ2) is 5.78. The summed E-state index contributed by atoms with van der Waals surface area (Å²) in [6.07, 6.45) is 8.46. The van der Waals surface area contributed by atoms with Gasteiger partial charge in [0.05, 0.1) is 9.74 Å². The molecule has 1 amide bonds. The summed E-state index contributed by atoms with van der Waals surface area (Å²) in [5.41, 5.74) is 5.86. The van der Waals surface area contributed by atoms with E-state index in [0.717, 1.165) is 38.8 Å². The quantitative estimate of drug-likeness (QED) is 0.808. The van der Waals surface area contributed by atoms with Gasteiger partial charge in [-0.15, -0.1) is 0 Å². The summed E-state index contributed by atoms with van der Waals surface area (Å²) in [5, 5.41) is 0. The van der Waals surface area contributed by atoms with E-state index >= 15 is 0 Å². The number of thioether (sulfide) groups is 1. The van der Waals surface area contributed by atoms with E-state index in [4.69, 9.17) is 18.0 Å². The van der Waals surface area contributed by atoms with Crippen molar-refractivity contribution in [3.8, 4) is 0 Å². The molecule has 0 bridgehead atoms. The maximum absolute atomic E-state index is 12.3. The lowest BCUT2D eigenvalue weighted by atomic mass is 9.94. The van der Waals surface area contributed by atoms with Gasteiger partial charge in [0, 0.05) is 19.0 Å². The van der Waals surface area contributed by atoms with E-state index in [2.05, 4.69) is 6.26 Å². The molecule has 0 atom stereocenters. The maximum Gasteiger partial charge on any atom is 0.225 e. The molecule has 1 saturated heterocycles. The monoisotopic (exact) mass is 286 g/mol. The van der Waals surface area contributed by atoms with Crippen molar-refractivity contribution in [3.63, 3.8) is 0 Å². The lowest BCUT2D eigenvalue weighted by Crippen LogP contribution is -2.51. The number of hydrogen-bond acceptors (Lipinski definition) is 3. The number of carbonyl (C=O) groups excluding carboxylic acids is 1. The summed E-state index contributed by atoms with van der Waals surface area (Å²) in [7, 11) is 0. The van der Waals surface area contributed by atoms with Gasteiger partial charge in [-0.2, -0.15) is 11.8 Å². The number of nitrogens with two attached hydrogens (primary N) is 1. The summed E-state index contributed by atoms with van der Waals surface area (Å²) in [6.45, 7) is 1.63. The van der Waals surface area contributed by atoms with Crippen molar-refractivity contribution >= 4 is 34.9 Å². The zero-order valence-corrected chi connectivity index (χ0v) is 12.6. The lowest BCUT2D eigenvalue weighted by Gasteiger charge is -2.40. The van der Waals surface area contributed by atoms with Crippen molar-refractivity contribution < 1.29 is 4.79 Å². The second-order valence-electron chi connectivity index (χ2n) is 5.37. The highest BCUT2D eigenvalue weighted by atomic mass is 32.2. The zero-order chi connectivity index (χ0) is 13.2. The van der Waals surface area contributed by atoms with Crippen molar-refractivity contribution in [1.29, 1.82) is 0 Å². The molecule has 1 aliphatic heterocycles. The van der Waals surface area contributed by atoms with Gasteiger partial charge < -0.3 is 10.6 Å². The standard InChI is InChI=1S/C13H22N2OS2/c1-18-13(12(14)17)6-8-15(9-7-13)11(16)10-4-2-3-5-10/h10H,2-9H2,1H3,(H2,14,17). The smallest absolute Gasteiger partial charge is 0.225 e. The molecule has 5 heteroatoms. The van der Waals surface area contributed by atoms with E-state index in [1.54, 1.807) is 11.8 Å². The number of amides is 1. The fourth-order valence-corrected chi connectivity index (χ4v) is 4.32. The first-order chi connectivity index (χ1) is 8.59. The summed E-state index contributed by atoms with van der Waals surface area (Å²) in [4.78, 5) is 15.0. The van der Waals surface area contributed by atoms with Crippen LogP contribution in [0.25, 0.3) is 0 Å². The van der Waals surface area contributed by atoms with Crippen molar-refractivity contribution in [2.45, 2.75) is 43.3 Å². The van der Waals surface area contributed by atoms with Gasteiger partial charge in [0.2, 0.25) is 5.91 Å². The van der Waals surface area contributed by atoms with Gasteiger partial charge in [0.25, 0.3) is 0 Å². The van der Waals surface area contributed by atoms with Crippen LogP contribution in [0.3, 0.4) is 0 Å². The van der Waals surface area contributed by atoms with Crippen molar-refractivity contribution in [3.05, 3.63) is 0 Å². The molecule has 102 valence electrons. The topological polar surface area (TPSA) is 46.3 Å². The summed E-state index contributed by atoms with van der Waals surface area (Å²) in [5.74, 6) is 0.654. The Morgan fingerprint density at radius 1 is 1.33 bits per heavy atom. The van der Waals surface area contributed by atoms with Crippen molar-refractivity contribution in [2.24, 2.45) is 11.7 Å². The fourth-order valence-electron chi connectivity index (χ4n) is 3.07. The van der Waals surface area contributed by atoms with Gasteiger partial charge in [0.1, 0.15) is 0 Å². The molecule has 1 saturated carbocycles. The molecule has 18 heavy (non-hydrogen) atoms. The van der Waals surface area contributed by atoms with Crippen LogP contribution in [0.5, 0.6) is 0 Å². The van der Waals surface area contributed by atoms with E-state index in [-0.39, 0.29) is 10.7 Å². The third-order valence-electron chi connectivity index (χ3n) is 4.43. The number of likely N-dealkylation sites (tertiary alicyclic amines) is 1. The lowest BCUT2D eigenvalue weighted by molar-refractivity contribution is -0.136. The van der Waals surface area contributed by atoms with Crippen LogP contribution in [0.1, 0.15) is 38.5 Å². The van der Waals surface area contributed by atoms with Crippen LogP contribution in [0.15, 0.2) is 0 Å². The highest BCUT2D eigenvalue weighted by Gasteiger charge is 2.39. The maximum atomic E-state index is 12.3. The Balaban J connectivity index is 1.93. The second-order valence-corrected chi connectivity index (χ2v) is 7.00. The molecule has 0 radical (unpaired) electrons. The van der Waals surface area contributed by atoms with Crippen LogP contribution in [-0.2, 0) is 4.79 Å². The summed E-state index contributed by atoms with van der Waals surface area (Å²) >= 11 is 6.94. The number of rotatable bonds is 3. The van der Waals surface area contributed by atoms with Crippen molar-refractivity contribution in [2.75, 3.05) is 19.3 Å². The largest absolute Gasteiger partial charge is 0.392 e. The minimum Gasteiger partial charge on any atom is -0.392 e. The minimum atomic E-state index is -0.0816. The van der Waals surface area contributed by atoms with Gasteiger partial charge in [-0.05, 0) is 31.9 Å². The predicted octanol–water partition coefficient (Wildman–Crippen LogP) is 2.19. The van der Waals surface area contributed by atoms with E-state index in [9.17, 15) is 4.79 Å². The third-order valence-corrected chi connectivity index (χ3v) is 6.36. The Bertz CT molecular complexity index is 332. The highest BCUT2D eigenvalue weighted by Crippen LogP contribution is 2.36. The molecular formula is C13H22N2OS2. The number of piperidine rings is 1. The summed E-state index contributed by atoms with van der Waals surface area (Å²) in [6, 6.07) is 0. The first-order valence-corrected chi connectivity index (χ1v) is 8.36. The molecule has 0 aromatic rings. The number of hydrogen-bond donors (Lipinski definition) is 1. The Morgan fingerprint density at radius 2 is 1.89 bits per heavy atom. The molecule has 0 spiro atoms. The van der Waals surface area contributed by atoms with Crippen molar-refractivity contribution in [1.82, 2.24) is 4.90 Å². The molecule has 2 N–H and O–H groups in total. The molecule has 0 unspecified atom stereocenters. The highest BCUT2D eigenvalue weighted by molar-refractivity contribution is 8.02. The number of carbonyl (C=O) groups is 1. The van der Waals surface area contributed by atoms with Crippen LogP contribution in [-0.4, -0.2) is 39.9 Å². The Hall–Kier alpha value is -0.290. The SMILES string of the molecule is CSC1(C(N)=S)CCN(C(=O)C2CCCC2)CC1. The van der Waals surface area contributed by atoms with Gasteiger partial charge in [-0.25, -0.2) is 0 Å². The van der Waals surface area contributed by atoms with E-state index in [1.807, 2.05) is 4.90 Å². The van der Waals surface area contributed by atoms with Crippen LogP contribution in [0, 0.1) is 5.92 Å². The van der Waals surface area contributed by atoms with Gasteiger partial charge >= 0.3 is 0 Å². The van der Waals surface area contributed by atoms with Crippen LogP contribution >= 0.6 is 24.0 Å². The van der Waals surface area contributed by atoms with Gasteiger partial charge in [0.15, 0.2) is 0 Å². The molecule has 1 heterocycles. The van der Waals surface area contributed by atoms with Crippen LogP contribution < -0.4 is 5.73 Å². The molecule has 2 rings (SSSR count). The van der Waals surface area contributed by atoms with E-state index < -0.39 is 0 Å². The first-order valence-electron chi connectivity index (χ1n) is 6.73. The average Bonchev–Trinajstić information content (AvgIpc) is 2.91. The molecule has 2 aliphatic rings. The Labute approximate surface area is 119 Å². The molecule has 3 nitrogen and oxygen atoms in total. The van der Waals surface area contributed by atoms with Gasteiger partial charge in [-0.1, -0.05) is 25.1 Å². The molecule has 2 fully saturated rings. The number of nitrogens with zero attached hydrogens (tertiary/aromatic N) is 1. The van der Waals surface area contributed by atoms with E-state index in [1.165, 1.54) is 12.8 Å². The van der Waals surface area contributed by atoms with Crippen LogP contribution in [0.4, 0.5) is 0 Å². The fraction of sp³-hybridized carbons (Fsp3) is 0.846. The third kappa shape index (κ3) is 2.67.